The van der Waals surface area contributed by atoms with E-state index in [4.69, 9.17) is 4.74 Å². The first-order valence-corrected chi connectivity index (χ1v) is 9.52. The van der Waals surface area contributed by atoms with Crippen molar-refractivity contribution >= 4 is 37.3 Å². The van der Waals surface area contributed by atoms with Crippen molar-refractivity contribution in [3.63, 3.8) is 0 Å². The van der Waals surface area contributed by atoms with Gasteiger partial charge < -0.3 is 4.74 Å². The number of benzene rings is 1. The number of thiophene rings is 1. The van der Waals surface area contributed by atoms with Crippen LogP contribution in [-0.2, 0) is 10.0 Å². The minimum absolute atomic E-state index is 0.134. The van der Waals surface area contributed by atoms with Crippen LogP contribution in [0, 0.1) is 0 Å². The van der Waals surface area contributed by atoms with Gasteiger partial charge in [0.1, 0.15) is 10.6 Å². The maximum Gasteiger partial charge on any atom is 0.244 e. The minimum atomic E-state index is -3.66. The molecule has 0 spiro atoms. The molecule has 2 aromatic rings. The Kier molecular flexibility index (Phi) is 5.43. The van der Waals surface area contributed by atoms with Crippen molar-refractivity contribution in [3.05, 3.63) is 45.1 Å². The van der Waals surface area contributed by atoms with Crippen LogP contribution >= 0.6 is 27.3 Å². The van der Waals surface area contributed by atoms with E-state index in [2.05, 4.69) is 20.7 Å². The van der Waals surface area contributed by atoms with E-state index in [1.54, 1.807) is 18.2 Å². The fourth-order valence-electron chi connectivity index (χ4n) is 1.94. The maximum absolute atomic E-state index is 12.6. The lowest BCUT2D eigenvalue weighted by Gasteiger charge is -2.17. The topological polar surface area (TPSA) is 55.4 Å². The second kappa shape index (κ2) is 6.91. The van der Waals surface area contributed by atoms with Gasteiger partial charge in [-0.3, -0.25) is 0 Å². The standard InChI is InChI=1S/C14H16BrNO3S2/c1-3-11(13-5-4-8-20-13)16-21(17,18)14-9-10(15)6-7-12(14)19-2/h4-9,11,16H,3H2,1-2H3. The molecule has 0 radical (unpaired) electrons. The molecule has 0 saturated carbocycles. The zero-order valence-corrected chi connectivity index (χ0v) is 14.9. The number of rotatable bonds is 6. The first-order chi connectivity index (χ1) is 9.97. The van der Waals surface area contributed by atoms with Crippen molar-refractivity contribution in [1.29, 1.82) is 0 Å². The second-order valence-corrected chi connectivity index (χ2v) is 7.97. The van der Waals surface area contributed by atoms with Crippen LogP contribution in [0.25, 0.3) is 0 Å². The number of nitrogens with one attached hydrogen (secondary N) is 1. The van der Waals surface area contributed by atoms with Crippen LogP contribution in [0.2, 0.25) is 0 Å². The van der Waals surface area contributed by atoms with Gasteiger partial charge in [0.15, 0.2) is 0 Å². The minimum Gasteiger partial charge on any atom is -0.495 e. The highest BCUT2D eigenvalue weighted by Gasteiger charge is 2.24. The number of methoxy groups -OCH3 is 1. The molecule has 0 amide bonds. The van der Waals surface area contributed by atoms with Gasteiger partial charge in [0, 0.05) is 9.35 Å². The van der Waals surface area contributed by atoms with Crippen LogP contribution in [0.1, 0.15) is 24.3 Å². The summed E-state index contributed by atoms with van der Waals surface area (Å²) < 4.78 is 33.8. The van der Waals surface area contributed by atoms with E-state index in [1.165, 1.54) is 18.4 Å². The molecule has 1 heterocycles. The Morgan fingerprint density at radius 2 is 2.14 bits per heavy atom. The molecular weight excluding hydrogens is 374 g/mol. The van der Waals surface area contributed by atoms with Crippen molar-refractivity contribution in [3.8, 4) is 5.75 Å². The molecule has 1 aromatic carbocycles. The molecule has 0 aliphatic heterocycles. The second-order valence-electron chi connectivity index (χ2n) is 4.39. The molecule has 21 heavy (non-hydrogen) atoms. The summed E-state index contributed by atoms with van der Waals surface area (Å²) in [6, 6.07) is 8.52. The number of ether oxygens (including phenoxy) is 1. The van der Waals surface area contributed by atoms with Gasteiger partial charge in [0.2, 0.25) is 10.0 Å². The molecule has 1 atom stereocenters. The van der Waals surface area contributed by atoms with Crippen LogP contribution in [0.5, 0.6) is 5.75 Å². The van der Waals surface area contributed by atoms with Crippen LogP contribution in [0.4, 0.5) is 0 Å². The summed E-state index contributed by atoms with van der Waals surface area (Å²) in [4.78, 5) is 1.13. The molecule has 1 unspecified atom stereocenters. The lowest BCUT2D eigenvalue weighted by molar-refractivity contribution is 0.402. The number of sulfonamides is 1. The van der Waals surface area contributed by atoms with E-state index in [0.717, 1.165) is 4.88 Å². The Morgan fingerprint density at radius 1 is 1.38 bits per heavy atom. The third-order valence-electron chi connectivity index (χ3n) is 3.01. The van der Waals surface area contributed by atoms with Gasteiger partial charge in [0.25, 0.3) is 0 Å². The van der Waals surface area contributed by atoms with E-state index >= 15 is 0 Å². The zero-order valence-electron chi connectivity index (χ0n) is 11.7. The maximum atomic E-state index is 12.6. The smallest absolute Gasteiger partial charge is 0.244 e. The summed E-state index contributed by atoms with van der Waals surface area (Å²) in [5, 5.41) is 1.94. The molecular formula is C14H16BrNO3S2. The first kappa shape index (κ1) is 16.5. The molecule has 0 aliphatic rings. The predicted octanol–water partition coefficient (Wildman–Crippen LogP) is 3.95. The van der Waals surface area contributed by atoms with Crippen molar-refractivity contribution in [2.75, 3.05) is 7.11 Å². The fourth-order valence-corrected chi connectivity index (χ4v) is 4.89. The molecule has 1 N–H and O–H groups in total. The Balaban J connectivity index is 2.36. The molecule has 0 saturated heterocycles. The largest absolute Gasteiger partial charge is 0.495 e. The summed E-state index contributed by atoms with van der Waals surface area (Å²) in [7, 11) is -2.20. The highest BCUT2D eigenvalue weighted by molar-refractivity contribution is 9.10. The van der Waals surface area contributed by atoms with Crippen LogP contribution in [-0.4, -0.2) is 15.5 Å². The Bertz CT molecular complexity index is 699. The van der Waals surface area contributed by atoms with Crippen molar-refractivity contribution in [1.82, 2.24) is 4.72 Å². The Morgan fingerprint density at radius 3 is 2.71 bits per heavy atom. The molecule has 0 bridgehead atoms. The SMILES string of the molecule is CCC(NS(=O)(=O)c1cc(Br)ccc1OC)c1cccs1. The van der Waals surface area contributed by atoms with Crippen LogP contribution in [0.15, 0.2) is 45.1 Å². The van der Waals surface area contributed by atoms with E-state index in [9.17, 15) is 8.42 Å². The van der Waals surface area contributed by atoms with Crippen molar-refractivity contribution < 1.29 is 13.2 Å². The van der Waals surface area contributed by atoms with Gasteiger partial charge >= 0.3 is 0 Å². The monoisotopic (exact) mass is 389 g/mol. The third-order valence-corrected chi connectivity index (χ3v) is 5.98. The highest BCUT2D eigenvalue weighted by atomic mass is 79.9. The summed E-state index contributed by atoms with van der Waals surface area (Å²) >= 11 is 4.83. The summed E-state index contributed by atoms with van der Waals surface area (Å²) in [6.45, 7) is 1.95. The quantitative estimate of drug-likeness (QED) is 0.813. The molecule has 114 valence electrons. The Labute approximate surface area is 137 Å². The number of hydrogen-bond acceptors (Lipinski definition) is 4. The molecule has 2 rings (SSSR count). The molecule has 7 heteroatoms. The normalized spacial score (nSPS) is 13.1. The lowest BCUT2D eigenvalue weighted by atomic mass is 10.2. The summed E-state index contributed by atoms with van der Waals surface area (Å²) in [6.07, 6.45) is 0.677. The van der Waals surface area contributed by atoms with E-state index in [-0.39, 0.29) is 10.9 Å². The average molecular weight is 390 g/mol. The predicted molar refractivity (Wildman–Crippen MR) is 88.4 cm³/mol. The van der Waals surface area contributed by atoms with Gasteiger partial charge in [-0.25, -0.2) is 13.1 Å². The van der Waals surface area contributed by atoms with Crippen LogP contribution < -0.4 is 9.46 Å². The lowest BCUT2D eigenvalue weighted by Crippen LogP contribution is -2.28. The van der Waals surface area contributed by atoms with E-state index in [0.29, 0.717) is 16.6 Å². The van der Waals surface area contributed by atoms with Gasteiger partial charge in [0.05, 0.1) is 13.2 Å². The van der Waals surface area contributed by atoms with Gasteiger partial charge in [-0.05, 0) is 36.1 Å². The van der Waals surface area contributed by atoms with Gasteiger partial charge in [-0.1, -0.05) is 28.9 Å². The van der Waals surface area contributed by atoms with E-state index < -0.39 is 10.0 Å². The highest BCUT2D eigenvalue weighted by Crippen LogP contribution is 2.30. The van der Waals surface area contributed by atoms with Crippen molar-refractivity contribution in [2.45, 2.75) is 24.3 Å². The molecule has 1 aromatic heterocycles. The van der Waals surface area contributed by atoms with Gasteiger partial charge in [-0.15, -0.1) is 11.3 Å². The molecule has 4 nitrogen and oxygen atoms in total. The fraction of sp³-hybridized carbons (Fsp3) is 0.286. The van der Waals surface area contributed by atoms with Crippen LogP contribution in [0.3, 0.4) is 0 Å². The first-order valence-electron chi connectivity index (χ1n) is 6.37. The Hall–Kier alpha value is -0.890. The third kappa shape index (κ3) is 3.85. The van der Waals surface area contributed by atoms with Gasteiger partial charge in [-0.2, -0.15) is 0 Å². The number of hydrogen-bond donors (Lipinski definition) is 1. The summed E-state index contributed by atoms with van der Waals surface area (Å²) in [5.74, 6) is 0.326. The average Bonchev–Trinajstić information content (AvgIpc) is 2.99. The summed E-state index contributed by atoms with van der Waals surface area (Å²) in [5.41, 5.74) is 0. The number of halogens is 1. The van der Waals surface area contributed by atoms with E-state index in [1.807, 2.05) is 24.4 Å². The molecule has 0 fully saturated rings. The zero-order chi connectivity index (χ0) is 15.5. The molecule has 0 aliphatic carbocycles. The van der Waals surface area contributed by atoms with Crippen molar-refractivity contribution in [2.24, 2.45) is 0 Å².